The number of carbonyl (C=O) groups excluding carboxylic acids is 1. The number of rotatable bonds is 4. The predicted octanol–water partition coefficient (Wildman–Crippen LogP) is 0.714. The predicted molar refractivity (Wildman–Crippen MR) is 60.6 cm³/mol. The van der Waals surface area contributed by atoms with Crippen molar-refractivity contribution >= 4 is 29.0 Å². The van der Waals surface area contributed by atoms with Crippen LogP contribution >= 0.6 is 11.6 Å². The van der Waals surface area contributed by atoms with Gasteiger partial charge in [0.15, 0.2) is 0 Å². The standard InChI is InChI=1S/C8H10ClN5O3/c1-8(2,7(10)15)13-6-4(14(16)17)5(9)11-3-12-6/h3H,1-2H3,(H2,10,15)(H,11,12,13). The second-order valence-electron chi connectivity index (χ2n) is 3.73. The molecule has 1 heterocycles. The van der Waals surface area contributed by atoms with Gasteiger partial charge in [-0.25, -0.2) is 9.97 Å². The Hall–Kier alpha value is -1.96. The summed E-state index contributed by atoms with van der Waals surface area (Å²) < 4.78 is 0. The minimum Gasteiger partial charge on any atom is -0.368 e. The quantitative estimate of drug-likeness (QED) is 0.466. The lowest BCUT2D eigenvalue weighted by atomic mass is 10.1. The fourth-order valence-electron chi connectivity index (χ4n) is 0.968. The van der Waals surface area contributed by atoms with Crippen LogP contribution in [-0.4, -0.2) is 26.3 Å². The third-order valence-electron chi connectivity index (χ3n) is 2.01. The smallest absolute Gasteiger partial charge is 0.348 e. The van der Waals surface area contributed by atoms with Crippen LogP contribution in [0.1, 0.15) is 13.8 Å². The zero-order chi connectivity index (χ0) is 13.2. The van der Waals surface area contributed by atoms with Crippen LogP contribution < -0.4 is 11.1 Å². The first-order valence-electron chi connectivity index (χ1n) is 4.48. The lowest BCUT2D eigenvalue weighted by Gasteiger charge is -2.22. The molecule has 17 heavy (non-hydrogen) atoms. The first-order chi connectivity index (χ1) is 7.75. The Kier molecular flexibility index (Phi) is 3.47. The van der Waals surface area contributed by atoms with Gasteiger partial charge in [0, 0.05) is 0 Å². The molecule has 1 rings (SSSR count). The van der Waals surface area contributed by atoms with Crippen molar-refractivity contribution < 1.29 is 9.72 Å². The van der Waals surface area contributed by atoms with Gasteiger partial charge in [-0.3, -0.25) is 14.9 Å². The third-order valence-corrected chi connectivity index (χ3v) is 2.28. The summed E-state index contributed by atoms with van der Waals surface area (Å²) in [5.74, 6) is -0.833. The van der Waals surface area contributed by atoms with Crippen LogP contribution in [0.5, 0.6) is 0 Å². The SMILES string of the molecule is CC(C)(Nc1ncnc(Cl)c1[N+](=O)[O-])C(N)=O. The maximum atomic E-state index is 11.1. The van der Waals surface area contributed by atoms with Crippen molar-refractivity contribution in [1.29, 1.82) is 0 Å². The average molecular weight is 260 g/mol. The maximum Gasteiger partial charge on any atom is 0.348 e. The second-order valence-corrected chi connectivity index (χ2v) is 4.09. The number of aromatic nitrogens is 2. The Bertz CT molecular complexity index is 476. The topological polar surface area (TPSA) is 124 Å². The fourth-order valence-corrected chi connectivity index (χ4v) is 1.17. The van der Waals surface area contributed by atoms with Crippen molar-refractivity contribution in [2.45, 2.75) is 19.4 Å². The van der Waals surface area contributed by atoms with Gasteiger partial charge in [0.25, 0.3) is 0 Å². The number of carbonyl (C=O) groups is 1. The minimum atomic E-state index is -1.19. The van der Waals surface area contributed by atoms with E-state index in [1.54, 1.807) is 0 Å². The molecule has 0 bridgehead atoms. The molecule has 0 spiro atoms. The van der Waals surface area contributed by atoms with E-state index in [1.165, 1.54) is 13.8 Å². The molecule has 3 N–H and O–H groups in total. The fraction of sp³-hybridized carbons (Fsp3) is 0.375. The molecule has 0 fully saturated rings. The monoisotopic (exact) mass is 259 g/mol. The molecule has 0 unspecified atom stereocenters. The maximum absolute atomic E-state index is 11.1. The molecule has 0 aromatic carbocycles. The molecule has 0 aliphatic carbocycles. The van der Waals surface area contributed by atoms with Crippen molar-refractivity contribution in [2.24, 2.45) is 5.73 Å². The molecule has 1 aromatic heterocycles. The number of nitrogens with zero attached hydrogens (tertiary/aromatic N) is 3. The van der Waals surface area contributed by atoms with E-state index < -0.39 is 22.1 Å². The van der Waals surface area contributed by atoms with E-state index >= 15 is 0 Å². The van der Waals surface area contributed by atoms with Crippen LogP contribution in [0.15, 0.2) is 6.33 Å². The van der Waals surface area contributed by atoms with Gasteiger partial charge in [0.05, 0.1) is 4.92 Å². The highest BCUT2D eigenvalue weighted by molar-refractivity contribution is 6.31. The van der Waals surface area contributed by atoms with Crippen LogP contribution in [-0.2, 0) is 4.79 Å². The van der Waals surface area contributed by atoms with E-state index in [0.29, 0.717) is 0 Å². The number of primary amides is 1. The van der Waals surface area contributed by atoms with E-state index in [4.69, 9.17) is 17.3 Å². The van der Waals surface area contributed by atoms with Gasteiger partial charge < -0.3 is 11.1 Å². The molecule has 0 atom stereocenters. The number of nitrogens with two attached hydrogens (primary N) is 1. The minimum absolute atomic E-state index is 0.154. The number of hydrogen-bond donors (Lipinski definition) is 2. The lowest BCUT2D eigenvalue weighted by molar-refractivity contribution is -0.384. The van der Waals surface area contributed by atoms with Crippen LogP contribution in [0.25, 0.3) is 0 Å². The molecule has 0 aliphatic heterocycles. The molecular formula is C8H10ClN5O3. The summed E-state index contributed by atoms with van der Waals surface area (Å²) in [6.07, 6.45) is 1.05. The molecule has 8 nitrogen and oxygen atoms in total. The molecule has 9 heteroatoms. The van der Waals surface area contributed by atoms with E-state index in [9.17, 15) is 14.9 Å². The van der Waals surface area contributed by atoms with Gasteiger partial charge in [-0.05, 0) is 13.8 Å². The summed E-state index contributed by atoms with van der Waals surface area (Å²) >= 11 is 5.58. The molecule has 1 amide bonds. The highest BCUT2D eigenvalue weighted by Crippen LogP contribution is 2.30. The normalized spacial score (nSPS) is 11.0. The van der Waals surface area contributed by atoms with Crippen molar-refractivity contribution in [2.75, 3.05) is 5.32 Å². The summed E-state index contributed by atoms with van der Waals surface area (Å²) in [6, 6.07) is 0. The van der Waals surface area contributed by atoms with Gasteiger partial charge in [-0.2, -0.15) is 0 Å². The Morgan fingerprint density at radius 2 is 2.18 bits per heavy atom. The summed E-state index contributed by atoms with van der Waals surface area (Å²) in [5, 5.41) is 13.0. The summed E-state index contributed by atoms with van der Waals surface area (Å²) in [7, 11) is 0. The zero-order valence-electron chi connectivity index (χ0n) is 9.10. The van der Waals surface area contributed by atoms with Gasteiger partial charge in [0.2, 0.25) is 16.9 Å². The molecule has 0 saturated heterocycles. The number of halogens is 1. The molecule has 0 saturated carbocycles. The highest BCUT2D eigenvalue weighted by Gasteiger charge is 2.30. The van der Waals surface area contributed by atoms with Crippen molar-refractivity contribution in [1.82, 2.24) is 9.97 Å². The zero-order valence-corrected chi connectivity index (χ0v) is 9.85. The largest absolute Gasteiger partial charge is 0.368 e. The number of nitrogens with one attached hydrogen (secondary N) is 1. The number of nitro groups is 1. The van der Waals surface area contributed by atoms with Crippen LogP contribution in [0.2, 0.25) is 5.15 Å². The van der Waals surface area contributed by atoms with Gasteiger partial charge in [0.1, 0.15) is 11.9 Å². The number of hydrogen-bond acceptors (Lipinski definition) is 6. The lowest BCUT2D eigenvalue weighted by Crippen LogP contribution is -2.45. The third kappa shape index (κ3) is 2.78. The molecular weight excluding hydrogens is 250 g/mol. The second kappa shape index (κ2) is 4.50. The molecule has 1 aromatic rings. The summed E-state index contributed by atoms with van der Waals surface area (Å²) in [6.45, 7) is 2.93. The van der Waals surface area contributed by atoms with Crippen molar-refractivity contribution in [3.05, 3.63) is 21.6 Å². The first kappa shape index (κ1) is 13.1. The van der Waals surface area contributed by atoms with Gasteiger partial charge in [-0.15, -0.1) is 0 Å². The molecule has 0 radical (unpaired) electrons. The Morgan fingerprint density at radius 3 is 2.65 bits per heavy atom. The van der Waals surface area contributed by atoms with E-state index in [-0.39, 0.29) is 11.0 Å². The van der Waals surface area contributed by atoms with Crippen LogP contribution in [0.4, 0.5) is 11.5 Å². The Morgan fingerprint density at radius 1 is 1.59 bits per heavy atom. The Balaban J connectivity index is 3.20. The summed E-state index contributed by atoms with van der Waals surface area (Å²) in [5.41, 5.74) is 3.45. The molecule has 92 valence electrons. The van der Waals surface area contributed by atoms with E-state index in [0.717, 1.165) is 6.33 Å². The highest BCUT2D eigenvalue weighted by atomic mass is 35.5. The Labute approximate surface area is 101 Å². The number of anilines is 1. The van der Waals surface area contributed by atoms with Gasteiger partial charge in [-0.1, -0.05) is 11.6 Å². The summed E-state index contributed by atoms with van der Waals surface area (Å²) in [4.78, 5) is 28.3. The van der Waals surface area contributed by atoms with Crippen molar-refractivity contribution in [3.63, 3.8) is 0 Å². The van der Waals surface area contributed by atoms with Crippen LogP contribution in [0, 0.1) is 10.1 Å². The average Bonchev–Trinajstić information content (AvgIpc) is 2.15. The first-order valence-corrected chi connectivity index (χ1v) is 4.86. The molecule has 0 aliphatic rings. The van der Waals surface area contributed by atoms with E-state index in [1.807, 2.05) is 0 Å². The van der Waals surface area contributed by atoms with Crippen LogP contribution in [0.3, 0.4) is 0 Å². The number of amides is 1. The van der Waals surface area contributed by atoms with E-state index in [2.05, 4.69) is 15.3 Å². The van der Waals surface area contributed by atoms with Gasteiger partial charge >= 0.3 is 5.69 Å². The van der Waals surface area contributed by atoms with Crippen molar-refractivity contribution in [3.8, 4) is 0 Å².